The first kappa shape index (κ1) is 27.2. The van der Waals surface area contributed by atoms with Crippen LogP contribution in [-0.4, -0.2) is 80.8 Å². The van der Waals surface area contributed by atoms with E-state index in [4.69, 9.17) is 28.2 Å². The maximum absolute atomic E-state index is 13.7. The van der Waals surface area contributed by atoms with Crippen molar-refractivity contribution >= 4 is 45.8 Å². The van der Waals surface area contributed by atoms with E-state index in [1.165, 1.54) is 0 Å². The Bertz CT molecular complexity index is 1340. The molecule has 4 heterocycles. The molecule has 2 aliphatic heterocycles. The molecule has 2 saturated heterocycles. The number of nitrogens with one attached hydrogen (secondary N) is 3. The third-order valence-corrected chi connectivity index (χ3v) is 8.51. The summed E-state index contributed by atoms with van der Waals surface area (Å²) in [6, 6.07) is 4.73. The Hall–Kier alpha value is -2.33. The minimum atomic E-state index is -0.106. The quantitative estimate of drug-likeness (QED) is 0.388. The highest BCUT2D eigenvalue weighted by Gasteiger charge is 2.35. The van der Waals surface area contributed by atoms with Gasteiger partial charge in [0.25, 0.3) is 5.91 Å². The van der Waals surface area contributed by atoms with Crippen molar-refractivity contribution in [3.8, 4) is 0 Å². The Kier molecular flexibility index (Phi) is 7.41. The van der Waals surface area contributed by atoms with E-state index < -0.39 is 0 Å². The van der Waals surface area contributed by atoms with Crippen LogP contribution >= 0.6 is 23.2 Å². The summed E-state index contributed by atoms with van der Waals surface area (Å²) in [5, 5.41) is 16.2. The second-order valence-electron chi connectivity index (χ2n) is 11.9. The molecule has 0 bridgehead atoms. The molecule has 5 rings (SSSR count). The van der Waals surface area contributed by atoms with E-state index in [2.05, 4.69) is 71.0 Å². The van der Waals surface area contributed by atoms with Gasteiger partial charge in [-0.3, -0.25) is 14.8 Å². The predicted molar refractivity (Wildman–Crippen MR) is 153 cm³/mol. The van der Waals surface area contributed by atoms with Crippen LogP contribution in [-0.2, 0) is 12.0 Å². The van der Waals surface area contributed by atoms with E-state index in [0.717, 1.165) is 54.9 Å². The molecule has 9 nitrogen and oxygen atoms in total. The van der Waals surface area contributed by atoms with Gasteiger partial charge < -0.3 is 20.1 Å². The topological polar surface area (TPSA) is 94.1 Å². The van der Waals surface area contributed by atoms with Gasteiger partial charge in [0.05, 0.1) is 18.1 Å². The molecule has 2 aromatic heterocycles. The highest BCUT2D eigenvalue weighted by Crippen LogP contribution is 2.35. The van der Waals surface area contributed by atoms with Crippen LogP contribution in [0, 0.1) is 0 Å². The molecule has 0 spiro atoms. The molecule has 0 radical (unpaired) electrons. The van der Waals surface area contributed by atoms with Crippen molar-refractivity contribution in [3.05, 3.63) is 39.4 Å². The van der Waals surface area contributed by atoms with Crippen molar-refractivity contribution in [2.24, 2.45) is 0 Å². The molecule has 3 N–H and O–H groups in total. The number of anilines is 1. The number of likely N-dealkylation sites (tertiary alicyclic amines) is 1. The van der Waals surface area contributed by atoms with Crippen molar-refractivity contribution in [2.75, 3.05) is 38.5 Å². The Morgan fingerprint density at radius 1 is 1.26 bits per heavy atom. The van der Waals surface area contributed by atoms with Gasteiger partial charge in [-0.15, -0.1) is 0 Å². The van der Waals surface area contributed by atoms with Crippen molar-refractivity contribution in [3.63, 3.8) is 0 Å². The number of aromatic amines is 1. The molecule has 3 aromatic rings. The number of carbonyl (C=O) groups excluding carboxylic acids is 1. The first-order valence-electron chi connectivity index (χ1n) is 13.4. The molecule has 0 unspecified atom stereocenters. The number of halogens is 2. The standard InChI is InChI=1S/C27H38Cl2N8O/c1-15(2)36-8-7-16(14-36)37-22(32-24(29)23(37)26(38)35(6)17-11-30-12-17)13-31-25-18-9-19(27(3,4)5)20(28)10-21(18)33-34-25/h9-10,15-17,30H,7-8,11-14H2,1-6H3,(H2,31,33,34)/t16-/m1/s1. The monoisotopic (exact) mass is 560 g/mol. The molecule has 1 aromatic carbocycles. The van der Waals surface area contributed by atoms with Crippen LogP contribution in [0.2, 0.25) is 10.2 Å². The van der Waals surface area contributed by atoms with E-state index in [0.29, 0.717) is 29.1 Å². The van der Waals surface area contributed by atoms with E-state index >= 15 is 0 Å². The Labute approximate surface area is 234 Å². The second kappa shape index (κ2) is 10.3. The fourth-order valence-electron chi connectivity index (χ4n) is 5.40. The number of likely N-dealkylation sites (N-methyl/N-ethyl adjacent to an activating group) is 1. The van der Waals surface area contributed by atoms with Gasteiger partial charge in [-0.05, 0) is 43.4 Å². The zero-order valence-corrected chi connectivity index (χ0v) is 24.5. The summed E-state index contributed by atoms with van der Waals surface area (Å²) in [5.74, 6) is 1.36. The maximum atomic E-state index is 13.7. The lowest BCUT2D eigenvalue weighted by atomic mass is 9.86. The fraction of sp³-hybridized carbons (Fsp3) is 0.593. The summed E-state index contributed by atoms with van der Waals surface area (Å²) >= 11 is 13.3. The normalized spacial score (nSPS) is 18.9. The molecule has 1 amide bonds. The van der Waals surface area contributed by atoms with Crippen molar-refractivity contribution in [1.29, 1.82) is 0 Å². The fourth-order valence-corrected chi connectivity index (χ4v) is 6.11. The molecule has 0 aliphatic carbocycles. The number of hydrogen-bond donors (Lipinski definition) is 3. The second-order valence-corrected chi connectivity index (χ2v) is 12.6. The summed E-state index contributed by atoms with van der Waals surface area (Å²) in [6.45, 7) is 14.6. The first-order valence-corrected chi connectivity index (χ1v) is 14.1. The summed E-state index contributed by atoms with van der Waals surface area (Å²) in [4.78, 5) is 22.6. The molecule has 2 fully saturated rings. The number of nitrogens with zero attached hydrogens (tertiary/aromatic N) is 5. The summed E-state index contributed by atoms with van der Waals surface area (Å²) in [7, 11) is 1.85. The van der Waals surface area contributed by atoms with Gasteiger partial charge in [0, 0.05) is 55.7 Å². The number of benzene rings is 1. The smallest absolute Gasteiger partial charge is 0.273 e. The van der Waals surface area contributed by atoms with E-state index in [-0.39, 0.29) is 28.6 Å². The van der Waals surface area contributed by atoms with Crippen LogP contribution < -0.4 is 10.6 Å². The predicted octanol–water partition coefficient (Wildman–Crippen LogP) is 4.67. The Balaban J connectivity index is 1.48. The highest BCUT2D eigenvalue weighted by atomic mass is 35.5. The summed E-state index contributed by atoms with van der Waals surface area (Å²) < 4.78 is 2.08. The van der Waals surface area contributed by atoms with Crippen molar-refractivity contribution in [2.45, 2.75) is 71.1 Å². The summed E-state index contributed by atoms with van der Waals surface area (Å²) in [6.07, 6.45) is 0.936. The minimum absolute atomic E-state index is 0.0853. The maximum Gasteiger partial charge on any atom is 0.273 e. The minimum Gasteiger partial charge on any atom is -0.361 e. The van der Waals surface area contributed by atoms with Gasteiger partial charge in [0.1, 0.15) is 11.5 Å². The van der Waals surface area contributed by atoms with Crippen LogP contribution in [0.1, 0.15) is 69.0 Å². The van der Waals surface area contributed by atoms with Crippen LogP contribution in [0.25, 0.3) is 10.9 Å². The van der Waals surface area contributed by atoms with Gasteiger partial charge in [-0.25, -0.2) is 4.98 Å². The summed E-state index contributed by atoms with van der Waals surface area (Å²) in [5.41, 5.74) is 2.29. The van der Waals surface area contributed by atoms with Crippen molar-refractivity contribution < 1.29 is 4.79 Å². The molecule has 1 atom stereocenters. The lowest BCUT2D eigenvalue weighted by molar-refractivity contribution is 0.0667. The van der Waals surface area contributed by atoms with E-state index in [1.54, 1.807) is 4.90 Å². The number of imidazole rings is 1. The number of carbonyl (C=O) groups is 1. The van der Waals surface area contributed by atoms with Crippen LogP contribution in [0.5, 0.6) is 0 Å². The molecule has 11 heteroatoms. The number of amides is 1. The molecule has 38 heavy (non-hydrogen) atoms. The van der Waals surface area contributed by atoms with E-state index in [9.17, 15) is 4.79 Å². The average molecular weight is 562 g/mol. The van der Waals surface area contributed by atoms with Crippen LogP contribution in [0.3, 0.4) is 0 Å². The first-order chi connectivity index (χ1) is 18.0. The zero-order chi connectivity index (χ0) is 27.4. The Morgan fingerprint density at radius 3 is 2.61 bits per heavy atom. The SMILES string of the molecule is CC(C)N1CC[C@@H](n2c(CNc3n[nH]c4cc(Cl)c(C(C)(C)C)cc34)nc(Cl)c2C(=O)N(C)C2CNC2)C1. The lowest BCUT2D eigenvalue weighted by Gasteiger charge is -2.36. The number of hydrogen-bond acceptors (Lipinski definition) is 6. The number of fused-ring (bicyclic) bond motifs is 1. The zero-order valence-electron chi connectivity index (χ0n) is 23.0. The van der Waals surface area contributed by atoms with Gasteiger partial charge in [0.2, 0.25) is 0 Å². The molecule has 206 valence electrons. The van der Waals surface area contributed by atoms with E-state index in [1.807, 2.05) is 13.1 Å². The molecular formula is C27H38Cl2N8O. The third kappa shape index (κ3) is 5.01. The lowest BCUT2D eigenvalue weighted by Crippen LogP contribution is -2.57. The number of rotatable bonds is 7. The number of H-pyrrole nitrogens is 1. The average Bonchev–Trinajstić information content (AvgIpc) is 3.51. The molecule has 0 saturated carbocycles. The van der Waals surface area contributed by atoms with Gasteiger partial charge in [-0.2, -0.15) is 5.10 Å². The van der Waals surface area contributed by atoms with Gasteiger partial charge in [0.15, 0.2) is 11.0 Å². The Morgan fingerprint density at radius 2 is 2.00 bits per heavy atom. The third-order valence-electron chi connectivity index (χ3n) is 7.93. The van der Waals surface area contributed by atoms with Crippen LogP contribution in [0.15, 0.2) is 12.1 Å². The van der Waals surface area contributed by atoms with Crippen LogP contribution in [0.4, 0.5) is 5.82 Å². The molecule has 2 aliphatic rings. The van der Waals surface area contributed by atoms with Gasteiger partial charge in [-0.1, -0.05) is 44.0 Å². The molecular weight excluding hydrogens is 523 g/mol. The highest BCUT2D eigenvalue weighted by molar-refractivity contribution is 6.32. The largest absolute Gasteiger partial charge is 0.361 e. The van der Waals surface area contributed by atoms with Gasteiger partial charge >= 0.3 is 0 Å². The number of aromatic nitrogens is 4. The van der Waals surface area contributed by atoms with Crippen molar-refractivity contribution in [1.82, 2.24) is 34.9 Å².